The molecule has 1 heterocycles. The molecular weight excluding hydrogens is 580 g/mol. The molecule has 0 aromatic heterocycles. The van der Waals surface area contributed by atoms with Gasteiger partial charge in [-0.25, -0.2) is 9.79 Å². The third-order valence-electron chi connectivity index (χ3n) is 5.45. The lowest BCUT2D eigenvalue weighted by atomic mass is 10.1. The highest BCUT2D eigenvalue weighted by Crippen LogP contribution is 2.39. The zero-order valence-electron chi connectivity index (χ0n) is 19.9. The number of ether oxygens (including phenoxy) is 2. The van der Waals surface area contributed by atoms with Crippen LogP contribution in [0.25, 0.3) is 6.08 Å². The fourth-order valence-electron chi connectivity index (χ4n) is 3.51. The van der Waals surface area contributed by atoms with Crippen LogP contribution >= 0.6 is 39.3 Å². The summed E-state index contributed by atoms with van der Waals surface area (Å²) in [4.78, 5) is 30.8. The Morgan fingerprint density at radius 1 is 1.16 bits per heavy atom. The van der Waals surface area contributed by atoms with Gasteiger partial charge >= 0.3 is 5.97 Å². The molecule has 1 amide bonds. The lowest BCUT2D eigenvalue weighted by Crippen LogP contribution is -2.28. The van der Waals surface area contributed by atoms with Crippen LogP contribution in [0.1, 0.15) is 28.4 Å². The summed E-state index contributed by atoms with van der Waals surface area (Å²) < 4.78 is 12.2. The molecule has 1 fully saturated rings. The van der Waals surface area contributed by atoms with Gasteiger partial charge in [-0.1, -0.05) is 45.7 Å². The molecule has 1 aliphatic rings. The number of likely N-dealkylation sites (N-methyl/N-ethyl adjacent to an activating group) is 1. The van der Waals surface area contributed by atoms with Gasteiger partial charge in [0.05, 0.1) is 23.3 Å². The number of carboxylic acid groups (broad SMARTS) is 1. The molecule has 0 unspecified atom stereocenters. The maximum Gasteiger partial charge on any atom is 0.335 e. The van der Waals surface area contributed by atoms with Crippen LogP contribution in [0.3, 0.4) is 0 Å². The van der Waals surface area contributed by atoms with Crippen molar-refractivity contribution in [2.45, 2.75) is 13.5 Å². The van der Waals surface area contributed by atoms with E-state index in [2.05, 4.69) is 20.9 Å². The van der Waals surface area contributed by atoms with Crippen molar-refractivity contribution in [2.75, 3.05) is 13.7 Å². The SMILES string of the molecule is CCN1C(=O)C(=Cc2cc(OC)c(OCc3ccccc3Cl)cc2Br)SC1=Nc1ccc(C(=O)O)cc1. The zero-order valence-corrected chi connectivity index (χ0v) is 23.1. The number of amides is 1. The van der Waals surface area contributed by atoms with Crippen LogP contribution in [0.5, 0.6) is 11.5 Å². The smallest absolute Gasteiger partial charge is 0.335 e. The number of halogens is 2. The van der Waals surface area contributed by atoms with Gasteiger partial charge in [0.2, 0.25) is 0 Å². The monoisotopic (exact) mass is 600 g/mol. The number of nitrogens with zero attached hydrogens (tertiary/aromatic N) is 2. The van der Waals surface area contributed by atoms with Gasteiger partial charge in [0.25, 0.3) is 5.91 Å². The third kappa shape index (κ3) is 6.18. The van der Waals surface area contributed by atoms with Gasteiger partial charge in [-0.05, 0) is 72.8 Å². The molecular formula is C27H22BrClN2O5S. The Hall–Kier alpha value is -3.27. The number of thioether (sulfide) groups is 1. The topological polar surface area (TPSA) is 88.4 Å². The molecule has 1 aliphatic heterocycles. The Morgan fingerprint density at radius 3 is 2.54 bits per heavy atom. The van der Waals surface area contributed by atoms with Gasteiger partial charge < -0.3 is 14.6 Å². The van der Waals surface area contributed by atoms with E-state index in [-0.39, 0.29) is 18.1 Å². The molecule has 0 radical (unpaired) electrons. The van der Waals surface area contributed by atoms with Crippen LogP contribution in [0.15, 0.2) is 75.0 Å². The summed E-state index contributed by atoms with van der Waals surface area (Å²) in [5, 5.41) is 10.2. The number of benzene rings is 3. The second kappa shape index (κ2) is 11.9. The van der Waals surface area contributed by atoms with E-state index in [4.69, 9.17) is 26.2 Å². The predicted molar refractivity (Wildman–Crippen MR) is 150 cm³/mol. The van der Waals surface area contributed by atoms with Crippen LogP contribution in [0, 0.1) is 0 Å². The van der Waals surface area contributed by atoms with Crippen molar-refractivity contribution in [3.8, 4) is 11.5 Å². The van der Waals surface area contributed by atoms with E-state index < -0.39 is 5.97 Å². The molecule has 3 aromatic carbocycles. The lowest BCUT2D eigenvalue weighted by molar-refractivity contribution is -0.122. The van der Waals surface area contributed by atoms with Crippen molar-refractivity contribution >= 4 is 68.1 Å². The summed E-state index contributed by atoms with van der Waals surface area (Å²) in [5.74, 6) is -0.133. The van der Waals surface area contributed by atoms with E-state index >= 15 is 0 Å². The molecule has 1 N–H and O–H groups in total. The average molecular weight is 602 g/mol. The minimum absolute atomic E-state index is 0.168. The van der Waals surface area contributed by atoms with Gasteiger partial charge in [-0.15, -0.1) is 0 Å². The molecule has 0 aliphatic carbocycles. The number of hydrogen-bond acceptors (Lipinski definition) is 6. The van der Waals surface area contributed by atoms with Crippen LogP contribution in [-0.2, 0) is 11.4 Å². The minimum Gasteiger partial charge on any atom is -0.493 e. The van der Waals surface area contributed by atoms with Gasteiger partial charge in [0.15, 0.2) is 16.7 Å². The first-order chi connectivity index (χ1) is 17.8. The number of hydrogen-bond donors (Lipinski definition) is 1. The molecule has 0 atom stereocenters. The third-order valence-corrected chi connectivity index (χ3v) is 7.52. The number of aliphatic imine (C=N–C) groups is 1. The fraction of sp³-hybridized carbons (Fsp3) is 0.148. The number of amidine groups is 1. The number of carbonyl (C=O) groups is 2. The summed E-state index contributed by atoms with van der Waals surface area (Å²) in [6.45, 7) is 2.58. The van der Waals surface area contributed by atoms with E-state index in [1.54, 1.807) is 48.4 Å². The van der Waals surface area contributed by atoms with Crippen LogP contribution in [0.2, 0.25) is 5.02 Å². The molecule has 1 saturated heterocycles. The summed E-state index contributed by atoms with van der Waals surface area (Å²) in [6.07, 6.45) is 1.77. The Labute approximate surface area is 231 Å². The number of carboxylic acids is 1. The van der Waals surface area contributed by atoms with Crippen LogP contribution in [-0.4, -0.2) is 40.7 Å². The molecule has 4 rings (SSSR count). The highest BCUT2D eigenvalue weighted by molar-refractivity contribution is 9.10. The van der Waals surface area contributed by atoms with Gasteiger partial charge in [-0.2, -0.15) is 0 Å². The summed E-state index contributed by atoms with van der Waals surface area (Å²) in [6, 6.07) is 17.2. The first kappa shape index (κ1) is 26.8. The number of rotatable bonds is 8. The lowest BCUT2D eigenvalue weighted by Gasteiger charge is -2.14. The van der Waals surface area contributed by atoms with E-state index in [0.717, 1.165) is 15.6 Å². The highest BCUT2D eigenvalue weighted by Gasteiger charge is 2.32. The molecule has 0 saturated carbocycles. The summed E-state index contributed by atoms with van der Waals surface area (Å²) >= 11 is 11.1. The molecule has 0 bridgehead atoms. The first-order valence-electron chi connectivity index (χ1n) is 11.2. The molecule has 7 nitrogen and oxygen atoms in total. The van der Waals surface area contributed by atoms with E-state index in [1.807, 2.05) is 25.1 Å². The standard InChI is InChI=1S/C27H22BrClN2O5S/c1-3-31-25(32)24(37-27(31)30-19-10-8-16(9-11-19)26(33)34)13-18-12-22(35-2)23(14-20(18)28)36-15-17-6-4-5-7-21(17)29/h4-14H,3,15H2,1-2H3,(H,33,34). The molecule has 3 aromatic rings. The number of carbonyl (C=O) groups excluding carboxylic acids is 1. The van der Waals surface area contributed by atoms with Gasteiger partial charge in [0.1, 0.15) is 6.61 Å². The van der Waals surface area contributed by atoms with Crippen LogP contribution < -0.4 is 9.47 Å². The molecule has 37 heavy (non-hydrogen) atoms. The fourth-order valence-corrected chi connectivity index (χ4v) is 5.19. The highest BCUT2D eigenvalue weighted by atomic mass is 79.9. The molecule has 0 spiro atoms. The number of methoxy groups -OCH3 is 1. The van der Waals surface area contributed by atoms with Crippen molar-refractivity contribution in [3.05, 3.63) is 91.8 Å². The molecule has 10 heteroatoms. The summed E-state index contributed by atoms with van der Waals surface area (Å²) in [7, 11) is 1.55. The molecule has 190 valence electrons. The Balaban J connectivity index is 1.59. The largest absolute Gasteiger partial charge is 0.493 e. The van der Waals surface area contributed by atoms with E-state index in [0.29, 0.717) is 38.8 Å². The number of aromatic carboxylic acids is 1. The van der Waals surface area contributed by atoms with Crippen LogP contribution in [0.4, 0.5) is 5.69 Å². The Bertz CT molecular complexity index is 1410. The average Bonchev–Trinajstić information content (AvgIpc) is 3.18. The second-order valence-corrected chi connectivity index (χ2v) is 10.1. The quantitative estimate of drug-likeness (QED) is 0.279. The minimum atomic E-state index is -1.01. The summed E-state index contributed by atoms with van der Waals surface area (Å²) in [5.41, 5.74) is 2.32. The van der Waals surface area contributed by atoms with Crippen molar-refractivity contribution in [1.82, 2.24) is 4.90 Å². The Kier molecular flexibility index (Phi) is 8.58. The van der Waals surface area contributed by atoms with Crippen molar-refractivity contribution in [3.63, 3.8) is 0 Å². The zero-order chi connectivity index (χ0) is 26.5. The second-order valence-electron chi connectivity index (χ2n) is 7.81. The first-order valence-corrected chi connectivity index (χ1v) is 13.2. The predicted octanol–water partition coefficient (Wildman–Crippen LogP) is 7.01. The maximum absolute atomic E-state index is 13.1. The van der Waals surface area contributed by atoms with Gasteiger partial charge in [0, 0.05) is 21.6 Å². The van der Waals surface area contributed by atoms with Crippen molar-refractivity contribution < 1.29 is 24.2 Å². The van der Waals surface area contributed by atoms with Gasteiger partial charge in [-0.3, -0.25) is 9.69 Å². The van der Waals surface area contributed by atoms with Crippen molar-refractivity contribution in [1.29, 1.82) is 0 Å². The van der Waals surface area contributed by atoms with E-state index in [9.17, 15) is 9.59 Å². The normalized spacial score (nSPS) is 15.5. The van der Waals surface area contributed by atoms with Crippen molar-refractivity contribution in [2.24, 2.45) is 4.99 Å². The Morgan fingerprint density at radius 2 is 1.89 bits per heavy atom. The van der Waals surface area contributed by atoms with E-state index in [1.165, 1.54) is 23.9 Å². The maximum atomic E-state index is 13.1.